The first-order valence-corrected chi connectivity index (χ1v) is 9.00. The number of carbonyl (C=O) groups excluding carboxylic acids is 2. The molecule has 1 fully saturated rings. The zero-order valence-electron chi connectivity index (χ0n) is 14.3. The SMILES string of the molecule is O=C(NC(C(=O)N1CCCCC1)=C(Cl)c1cccnc1)c1ccccc1. The number of nitrogens with one attached hydrogen (secondary N) is 1. The van der Waals surface area contributed by atoms with Crippen molar-refractivity contribution in [3.05, 3.63) is 71.7 Å². The van der Waals surface area contributed by atoms with Crippen LogP contribution in [0, 0.1) is 0 Å². The van der Waals surface area contributed by atoms with E-state index < -0.39 is 0 Å². The van der Waals surface area contributed by atoms with Gasteiger partial charge in [-0.3, -0.25) is 14.6 Å². The molecule has 3 rings (SSSR count). The highest BCUT2D eigenvalue weighted by Gasteiger charge is 2.25. The number of halogens is 1. The van der Waals surface area contributed by atoms with Crippen molar-refractivity contribution in [2.45, 2.75) is 19.3 Å². The lowest BCUT2D eigenvalue weighted by atomic mass is 10.1. The molecule has 6 heteroatoms. The second-order valence-electron chi connectivity index (χ2n) is 6.10. The molecule has 0 spiro atoms. The van der Waals surface area contributed by atoms with Crippen molar-refractivity contribution >= 4 is 28.4 Å². The third-order valence-corrected chi connectivity index (χ3v) is 4.67. The van der Waals surface area contributed by atoms with Crippen LogP contribution >= 0.6 is 11.6 Å². The zero-order chi connectivity index (χ0) is 18.4. The number of piperidine rings is 1. The van der Waals surface area contributed by atoms with Gasteiger partial charge in [0.15, 0.2) is 0 Å². The van der Waals surface area contributed by atoms with Gasteiger partial charge in [0.2, 0.25) is 0 Å². The Labute approximate surface area is 157 Å². The number of hydrogen-bond donors (Lipinski definition) is 1. The van der Waals surface area contributed by atoms with E-state index in [4.69, 9.17) is 11.6 Å². The van der Waals surface area contributed by atoms with Gasteiger partial charge in [-0.2, -0.15) is 0 Å². The van der Waals surface area contributed by atoms with Gasteiger partial charge in [0.25, 0.3) is 11.8 Å². The predicted octanol–water partition coefficient (Wildman–Crippen LogP) is 3.43. The number of aromatic nitrogens is 1. The van der Waals surface area contributed by atoms with Crippen LogP contribution < -0.4 is 5.32 Å². The summed E-state index contributed by atoms with van der Waals surface area (Å²) in [5.74, 6) is -0.629. The first-order valence-electron chi connectivity index (χ1n) is 8.62. The molecule has 0 radical (unpaired) electrons. The van der Waals surface area contributed by atoms with Gasteiger partial charge in [0.05, 0.1) is 5.03 Å². The van der Waals surface area contributed by atoms with E-state index >= 15 is 0 Å². The maximum absolute atomic E-state index is 13.0. The Kier molecular flexibility index (Phi) is 6.02. The highest BCUT2D eigenvalue weighted by atomic mass is 35.5. The lowest BCUT2D eigenvalue weighted by Gasteiger charge is -2.28. The van der Waals surface area contributed by atoms with Gasteiger partial charge >= 0.3 is 0 Å². The van der Waals surface area contributed by atoms with Gasteiger partial charge in [-0.25, -0.2) is 0 Å². The average molecular weight is 370 g/mol. The normalized spacial score (nSPS) is 15.2. The topological polar surface area (TPSA) is 62.3 Å². The van der Waals surface area contributed by atoms with Crippen LogP contribution in [0.25, 0.3) is 5.03 Å². The molecule has 1 N–H and O–H groups in total. The Morgan fingerprint density at radius 3 is 2.31 bits per heavy atom. The van der Waals surface area contributed by atoms with Gasteiger partial charge in [0, 0.05) is 36.6 Å². The van der Waals surface area contributed by atoms with Crippen LogP contribution in [0.5, 0.6) is 0 Å². The average Bonchev–Trinajstić information content (AvgIpc) is 2.73. The fourth-order valence-electron chi connectivity index (χ4n) is 2.87. The molecule has 1 aromatic carbocycles. The molecular formula is C20H20ClN3O2. The third kappa shape index (κ3) is 4.29. The number of amides is 2. The van der Waals surface area contributed by atoms with E-state index in [1.807, 2.05) is 6.07 Å². The molecule has 26 heavy (non-hydrogen) atoms. The zero-order valence-corrected chi connectivity index (χ0v) is 15.1. The number of pyridine rings is 1. The standard InChI is InChI=1S/C20H20ClN3O2/c21-17(16-10-7-11-22-14-16)18(20(26)24-12-5-2-6-13-24)23-19(25)15-8-3-1-4-9-15/h1,3-4,7-11,14H,2,5-6,12-13H2,(H,23,25). The lowest BCUT2D eigenvalue weighted by Crippen LogP contribution is -2.41. The van der Waals surface area contributed by atoms with E-state index in [0.29, 0.717) is 24.2 Å². The molecule has 0 atom stereocenters. The number of nitrogens with zero attached hydrogens (tertiary/aromatic N) is 2. The summed E-state index contributed by atoms with van der Waals surface area (Å²) >= 11 is 6.50. The van der Waals surface area contributed by atoms with E-state index in [2.05, 4.69) is 10.3 Å². The molecule has 2 heterocycles. The number of rotatable bonds is 4. The third-order valence-electron chi connectivity index (χ3n) is 4.27. The van der Waals surface area contributed by atoms with E-state index in [-0.39, 0.29) is 22.5 Å². The Morgan fingerprint density at radius 2 is 1.65 bits per heavy atom. The van der Waals surface area contributed by atoms with Crippen LogP contribution in [-0.4, -0.2) is 34.8 Å². The molecule has 1 aliphatic rings. The van der Waals surface area contributed by atoms with E-state index in [1.54, 1.807) is 53.7 Å². The van der Waals surface area contributed by atoms with Crippen molar-refractivity contribution in [1.29, 1.82) is 0 Å². The molecule has 2 amide bonds. The van der Waals surface area contributed by atoms with Crippen molar-refractivity contribution in [3.8, 4) is 0 Å². The predicted molar refractivity (Wildman–Crippen MR) is 101 cm³/mol. The molecule has 2 aromatic rings. The van der Waals surface area contributed by atoms with Crippen molar-refractivity contribution in [1.82, 2.24) is 15.2 Å². The van der Waals surface area contributed by atoms with Crippen LogP contribution in [0.2, 0.25) is 0 Å². The maximum atomic E-state index is 13.0. The second kappa shape index (κ2) is 8.63. The van der Waals surface area contributed by atoms with Gasteiger partial charge in [-0.15, -0.1) is 0 Å². The number of likely N-dealkylation sites (tertiary alicyclic amines) is 1. The Hall–Kier alpha value is -2.66. The van der Waals surface area contributed by atoms with Crippen molar-refractivity contribution in [3.63, 3.8) is 0 Å². The van der Waals surface area contributed by atoms with Crippen molar-refractivity contribution < 1.29 is 9.59 Å². The monoisotopic (exact) mass is 369 g/mol. The molecule has 0 aliphatic carbocycles. The summed E-state index contributed by atoms with van der Waals surface area (Å²) in [6.07, 6.45) is 6.21. The molecule has 0 saturated carbocycles. The molecular weight excluding hydrogens is 350 g/mol. The molecule has 134 valence electrons. The van der Waals surface area contributed by atoms with Crippen LogP contribution in [-0.2, 0) is 4.79 Å². The summed E-state index contributed by atoms with van der Waals surface area (Å²) in [7, 11) is 0. The summed E-state index contributed by atoms with van der Waals surface area (Å²) < 4.78 is 0. The van der Waals surface area contributed by atoms with Crippen LogP contribution in [0.15, 0.2) is 60.6 Å². The number of benzene rings is 1. The second-order valence-corrected chi connectivity index (χ2v) is 6.48. The molecule has 1 aliphatic heterocycles. The van der Waals surface area contributed by atoms with E-state index in [1.165, 1.54) is 0 Å². The van der Waals surface area contributed by atoms with Gasteiger partial charge in [0.1, 0.15) is 5.70 Å². The van der Waals surface area contributed by atoms with Gasteiger partial charge in [-0.1, -0.05) is 35.9 Å². The molecule has 0 bridgehead atoms. The van der Waals surface area contributed by atoms with Crippen LogP contribution in [0.4, 0.5) is 0 Å². The summed E-state index contributed by atoms with van der Waals surface area (Å²) in [6.45, 7) is 1.33. The van der Waals surface area contributed by atoms with Crippen molar-refractivity contribution in [2.24, 2.45) is 0 Å². The molecule has 1 saturated heterocycles. The minimum atomic E-state index is -0.368. The molecule has 5 nitrogen and oxygen atoms in total. The summed E-state index contributed by atoms with van der Waals surface area (Å²) in [5, 5.41) is 2.91. The number of hydrogen-bond acceptors (Lipinski definition) is 3. The minimum Gasteiger partial charge on any atom is -0.337 e. The quantitative estimate of drug-likeness (QED) is 0.840. The molecule has 1 aromatic heterocycles. The summed E-state index contributed by atoms with van der Waals surface area (Å²) in [4.78, 5) is 31.4. The first kappa shape index (κ1) is 18.1. The van der Waals surface area contributed by atoms with Crippen LogP contribution in [0.1, 0.15) is 35.2 Å². The number of carbonyl (C=O) groups is 2. The highest BCUT2D eigenvalue weighted by Crippen LogP contribution is 2.24. The summed E-state index contributed by atoms with van der Waals surface area (Å²) in [5.41, 5.74) is 1.14. The Morgan fingerprint density at radius 1 is 0.962 bits per heavy atom. The van der Waals surface area contributed by atoms with Crippen molar-refractivity contribution in [2.75, 3.05) is 13.1 Å². The Balaban J connectivity index is 1.93. The fourth-order valence-corrected chi connectivity index (χ4v) is 3.11. The largest absolute Gasteiger partial charge is 0.337 e. The first-order chi connectivity index (χ1) is 12.7. The highest BCUT2D eigenvalue weighted by molar-refractivity contribution is 6.51. The van der Waals surface area contributed by atoms with Gasteiger partial charge < -0.3 is 10.2 Å². The summed E-state index contributed by atoms with van der Waals surface area (Å²) in [6, 6.07) is 12.2. The molecule has 0 unspecified atom stereocenters. The van der Waals surface area contributed by atoms with Gasteiger partial charge in [-0.05, 0) is 37.5 Å². The Bertz CT molecular complexity index is 800. The van der Waals surface area contributed by atoms with E-state index in [0.717, 1.165) is 19.3 Å². The maximum Gasteiger partial charge on any atom is 0.271 e. The smallest absolute Gasteiger partial charge is 0.271 e. The lowest BCUT2D eigenvalue weighted by molar-refractivity contribution is -0.128. The fraction of sp³-hybridized carbons (Fsp3) is 0.250. The van der Waals surface area contributed by atoms with Crippen LogP contribution in [0.3, 0.4) is 0 Å². The minimum absolute atomic E-state index is 0.0930. The van der Waals surface area contributed by atoms with E-state index in [9.17, 15) is 9.59 Å².